The zero-order valence-corrected chi connectivity index (χ0v) is 19.8. The molecule has 4 rings (SSSR count). The average Bonchev–Trinajstić information content (AvgIpc) is 2.98. The molecule has 0 saturated heterocycles. The Morgan fingerprint density at radius 3 is 2.26 bits per heavy atom. The molecular weight excluding hydrogens is 444 g/mol. The Hall–Kier alpha value is -3.61. The first-order valence-electron chi connectivity index (χ1n) is 12.2. The van der Waals surface area contributed by atoms with E-state index in [0.717, 1.165) is 41.5 Å². The number of alkyl carbamates (subject to hydrolysis) is 1. The number of hydrogen-bond acceptors (Lipinski definition) is 4. The van der Waals surface area contributed by atoms with Gasteiger partial charge in [0.15, 0.2) is 0 Å². The van der Waals surface area contributed by atoms with Gasteiger partial charge in [0.2, 0.25) is 5.91 Å². The van der Waals surface area contributed by atoms with E-state index in [-0.39, 0.29) is 31.5 Å². The highest BCUT2D eigenvalue weighted by Crippen LogP contribution is 2.44. The molecular formula is C28H32N2O5. The summed E-state index contributed by atoms with van der Waals surface area (Å²) in [6.45, 7) is 3.60. The normalized spacial score (nSPS) is 19.1. The summed E-state index contributed by atoms with van der Waals surface area (Å²) in [4.78, 5) is 38.7. The number of ether oxygens (including phenoxy) is 1. The van der Waals surface area contributed by atoms with Crippen molar-refractivity contribution in [2.45, 2.75) is 44.1 Å². The molecule has 0 spiro atoms. The molecule has 0 radical (unpaired) electrons. The molecule has 2 N–H and O–H groups in total. The second-order valence-corrected chi connectivity index (χ2v) is 9.22. The van der Waals surface area contributed by atoms with Crippen molar-refractivity contribution in [1.82, 2.24) is 10.2 Å². The van der Waals surface area contributed by atoms with Crippen LogP contribution in [-0.4, -0.2) is 53.7 Å². The van der Waals surface area contributed by atoms with Crippen LogP contribution in [0.4, 0.5) is 4.79 Å². The highest BCUT2D eigenvalue weighted by atomic mass is 16.5. The van der Waals surface area contributed by atoms with Crippen LogP contribution in [0.2, 0.25) is 0 Å². The minimum absolute atomic E-state index is 0.0432. The maximum Gasteiger partial charge on any atom is 0.407 e. The van der Waals surface area contributed by atoms with Crippen LogP contribution in [0.3, 0.4) is 0 Å². The molecule has 2 aliphatic rings. The quantitative estimate of drug-likeness (QED) is 0.430. The molecule has 1 saturated carbocycles. The number of fused-ring (bicyclic) bond motifs is 3. The Labute approximate surface area is 205 Å². The number of benzene rings is 2. The fraction of sp³-hybridized carbons (Fsp3) is 0.393. The Bertz CT molecular complexity index is 1050. The van der Waals surface area contributed by atoms with Gasteiger partial charge in [0, 0.05) is 18.5 Å². The van der Waals surface area contributed by atoms with Gasteiger partial charge in [-0.1, -0.05) is 73.9 Å². The minimum Gasteiger partial charge on any atom is -0.480 e. The lowest BCUT2D eigenvalue weighted by atomic mass is 9.93. The van der Waals surface area contributed by atoms with Gasteiger partial charge < -0.3 is 20.1 Å². The van der Waals surface area contributed by atoms with Gasteiger partial charge in [0.05, 0.1) is 5.92 Å². The van der Waals surface area contributed by atoms with Gasteiger partial charge in [-0.25, -0.2) is 4.79 Å². The molecule has 0 bridgehead atoms. The monoisotopic (exact) mass is 476 g/mol. The topological polar surface area (TPSA) is 95.9 Å². The van der Waals surface area contributed by atoms with Crippen LogP contribution in [0.25, 0.3) is 11.1 Å². The summed E-state index contributed by atoms with van der Waals surface area (Å²) in [5, 5.41) is 12.2. The summed E-state index contributed by atoms with van der Waals surface area (Å²) >= 11 is 0. The zero-order valence-electron chi connectivity index (χ0n) is 19.8. The van der Waals surface area contributed by atoms with Crippen molar-refractivity contribution in [3.05, 3.63) is 72.3 Å². The lowest BCUT2D eigenvalue weighted by Crippen LogP contribution is -2.49. The van der Waals surface area contributed by atoms with Crippen molar-refractivity contribution in [2.24, 2.45) is 5.92 Å². The number of carboxylic acids is 1. The predicted molar refractivity (Wildman–Crippen MR) is 133 cm³/mol. The van der Waals surface area contributed by atoms with E-state index in [1.165, 1.54) is 11.0 Å². The molecule has 184 valence electrons. The molecule has 1 fully saturated rings. The number of rotatable bonds is 8. The van der Waals surface area contributed by atoms with E-state index in [2.05, 4.69) is 36.2 Å². The summed E-state index contributed by atoms with van der Waals surface area (Å²) in [6, 6.07) is 15.9. The summed E-state index contributed by atoms with van der Waals surface area (Å²) in [6.07, 6.45) is 4.92. The highest BCUT2D eigenvalue weighted by molar-refractivity contribution is 5.84. The van der Waals surface area contributed by atoms with E-state index in [1.54, 1.807) is 0 Å². The van der Waals surface area contributed by atoms with Crippen molar-refractivity contribution in [3.63, 3.8) is 0 Å². The third kappa shape index (κ3) is 5.56. The van der Waals surface area contributed by atoms with Crippen molar-refractivity contribution in [1.29, 1.82) is 0 Å². The highest BCUT2D eigenvalue weighted by Gasteiger charge is 2.35. The van der Waals surface area contributed by atoms with Crippen molar-refractivity contribution in [2.75, 3.05) is 19.7 Å². The van der Waals surface area contributed by atoms with E-state index >= 15 is 0 Å². The van der Waals surface area contributed by atoms with Crippen LogP contribution in [0, 0.1) is 5.92 Å². The van der Waals surface area contributed by atoms with E-state index in [4.69, 9.17) is 4.74 Å². The van der Waals surface area contributed by atoms with Crippen molar-refractivity contribution in [3.8, 4) is 11.1 Å². The lowest BCUT2D eigenvalue weighted by Gasteiger charge is -2.30. The molecule has 0 aromatic heterocycles. The Balaban J connectivity index is 1.44. The van der Waals surface area contributed by atoms with Gasteiger partial charge in [-0.3, -0.25) is 9.59 Å². The van der Waals surface area contributed by atoms with Crippen molar-refractivity contribution < 1.29 is 24.2 Å². The van der Waals surface area contributed by atoms with E-state index in [0.29, 0.717) is 12.8 Å². The molecule has 2 atom stereocenters. The second-order valence-electron chi connectivity index (χ2n) is 9.22. The van der Waals surface area contributed by atoms with Crippen LogP contribution in [-0.2, 0) is 14.3 Å². The maximum absolute atomic E-state index is 13.2. The molecule has 7 nitrogen and oxygen atoms in total. The molecule has 2 amide bonds. The first-order chi connectivity index (χ1) is 17.0. The van der Waals surface area contributed by atoms with E-state index < -0.39 is 24.0 Å². The Kier molecular flexibility index (Phi) is 7.85. The van der Waals surface area contributed by atoms with Gasteiger partial charge in [0.1, 0.15) is 13.2 Å². The summed E-state index contributed by atoms with van der Waals surface area (Å²) in [7, 11) is 0. The summed E-state index contributed by atoms with van der Waals surface area (Å²) in [5.74, 6) is -1.87. The number of hydrogen-bond donors (Lipinski definition) is 2. The standard InChI is InChI=1S/C28H32N2O5/c1-2-16-30(17-26(31)32)27(33)23-14-4-3-5-15-25(23)29-28(34)35-18-24-21-12-8-6-10-19(21)20-11-7-9-13-22(20)24/h2,6-13,23-25H,1,3-5,14-18H2,(H,29,34)(H,31,32)/t23-,25+/m1/s1. The van der Waals surface area contributed by atoms with E-state index in [1.807, 2.05) is 24.3 Å². The first kappa shape index (κ1) is 24.5. The van der Waals surface area contributed by atoms with Gasteiger partial charge in [0.25, 0.3) is 0 Å². The molecule has 0 aliphatic heterocycles. The lowest BCUT2D eigenvalue weighted by molar-refractivity contribution is -0.146. The van der Waals surface area contributed by atoms with Crippen LogP contribution in [0.1, 0.15) is 49.1 Å². The first-order valence-corrected chi connectivity index (χ1v) is 12.2. The number of aliphatic carboxylic acids is 1. The fourth-order valence-electron chi connectivity index (χ4n) is 5.35. The summed E-state index contributed by atoms with van der Waals surface area (Å²) in [5.41, 5.74) is 4.59. The molecule has 35 heavy (non-hydrogen) atoms. The number of carbonyl (C=O) groups is 3. The van der Waals surface area contributed by atoms with Gasteiger partial charge in [-0.15, -0.1) is 6.58 Å². The summed E-state index contributed by atoms with van der Waals surface area (Å²) < 4.78 is 5.70. The predicted octanol–water partition coefficient (Wildman–Crippen LogP) is 4.57. The van der Waals surface area contributed by atoms with Crippen LogP contribution < -0.4 is 5.32 Å². The third-order valence-corrected chi connectivity index (χ3v) is 6.97. The maximum atomic E-state index is 13.2. The van der Waals surface area contributed by atoms with Crippen molar-refractivity contribution >= 4 is 18.0 Å². The Morgan fingerprint density at radius 1 is 1.00 bits per heavy atom. The molecule has 7 heteroatoms. The van der Waals surface area contributed by atoms with Gasteiger partial charge in [-0.2, -0.15) is 0 Å². The molecule has 0 heterocycles. The fourth-order valence-corrected chi connectivity index (χ4v) is 5.35. The van der Waals surface area contributed by atoms with Crippen LogP contribution in [0.15, 0.2) is 61.2 Å². The number of carbonyl (C=O) groups excluding carboxylic acids is 2. The molecule has 2 aromatic rings. The van der Waals surface area contributed by atoms with Gasteiger partial charge >= 0.3 is 12.1 Å². The number of amides is 2. The van der Waals surface area contributed by atoms with Crippen LogP contribution >= 0.6 is 0 Å². The average molecular weight is 477 g/mol. The number of nitrogens with one attached hydrogen (secondary N) is 1. The zero-order chi connectivity index (χ0) is 24.8. The van der Waals surface area contributed by atoms with Gasteiger partial charge in [-0.05, 0) is 35.1 Å². The molecule has 2 aromatic carbocycles. The molecule has 2 aliphatic carbocycles. The largest absolute Gasteiger partial charge is 0.480 e. The SMILES string of the molecule is C=CCN(CC(=O)O)C(=O)[C@@H]1CCCCC[C@@H]1NC(=O)OCC1c2ccccc2-c2ccccc21. The minimum atomic E-state index is -1.07. The number of carboxylic acid groups (broad SMARTS) is 1. The molecule has 0 unspecified atom stereocenters. The number of nitrogens with zero attached hydrogens (tertiary/aromatic N) is 1. The van der Waals surface area contributed by atoms with E-state index in [9.17, 15) is 19.5 Å². The third-order valence-electron chi connectivity index (χ3n) is 6.97. The smallest absolute Gasteiger partial charge is 0.407 e. The van der Waals surface area contributed by atoms with Crippen LogP contribution in [0.5, 0.6) is 0 Å². The second kappa shape index (κ2) is 11.2. The Morgan fingerprint density at radius 2 is 1.63 bits per heavy atom.